The Labute approximate surface area is 101 Å². The fourth-order valence-electron chi connectivity index (χ4n) is 0.859. The molecule has 0 aliphatic heterocycles. The maximum atomic E-state index is 12.4. The van der Waals surface area contributed by atoms with E-state index >= 15 is 0 Å². The number of rotatable bonds is 1. The van der Waals surface area contributed by atoms with Crippen LogP contribution in [0.15, 0.2) is 17.2 Å². The largest absolute Gasteiger partial charge is 0.434 e. The lowest BCUT2D eigenvalue weighted by Crippen LogP contribution is -2.14. The fraction of sp³-hybridized carbons (Fsp3) is 0.167. The summed E-state index contributed by atoms with van der Waals surface area (Å²) in [5.41, 5.74) is -1.50. The summed E-state index contributed by atoms with van der Waals surface area (Å²) < 4.78 is 58.9. The van der Waals surface area contributed by atoms with Crippen LogP contribution in [0.5, 0.6) is 0 Å². The molecule has 84 valence electrons. The van der Waals surface area contributed by atoms with Crippen molar-refractivity contribution >= 4 is 42.3 Å². The zero-order valence-electron chi connectivity index (χ0n) is 6.72. The highest BCUT2D eigenvalue weighted by atomic mass is 127. The van der Waals surface area contributed by atoms with Gasteiger partial charge in [0.25, 0.3) is 9.05 Å². The summed E-state index contributed by atoms with van der Waals surface area (Å²) in [6.07, 6.45) is -3.98. The van der Waals surface area contributed by atoms with E-state index in [1.165, 1.54) is 22.6 Å². The third-order valence-electron chi connectivity index (χ3n) is 1.37. The van der Waals surface area contributed by atoms with Crippen LogP contribution in [0.4, 0.5) is 13.2 Å². The van der Waals surface area contributed by atoms with E-state index in [1.807, 2.05) is 0 Å². The van der Waals surface area contributed by atoms with Crippen molar-refractivity contribution in [2.24, 2.45) is 0 Å². The van der Waals surface area contributed by atoms with Crippen LogP contribution in [0, 0.1) is 3.57 Å². The number of alkyl halides is 3. The van der Waals surface area contributed by atoms with Gasteiger partial charge in [0.1, 0.15) is 4.90 Å². The Bertz CT molecular complexity index is 488. The number of hydrogen-bond donors (Lipinski definition) is 0. The Hall–Kier alpha value is -0.0900. The third-order valence-corrected chi connectivity index (χ3v) is 4.00. The van der Waals surface area contributed by atoms with Gasteiger partial charge in [-0.15, -0.1) is 0 Å². The molecular formula is C6H2ClF3INO2S. The van der Waals surface area contributed by atoms with Crippen LogP contribution < -0.4 is 0 Å². The van der Waals surface area contributed by atoms with Crippen molar-refractivity contribution in [3.05, 3.63) is 21.5 Å². The van der Waals surface area contributed by atoms with Crippen molar-refractivity contribution in [2.75, 3.05) is 0 Å². The molecule has 0 aromatic carbocycles. The Morgan fingerprint density at radius 2 is 1.93 bits per heavy atom. The van der Waals surface area contributed by atoms with Crippen LogP contribution in [-0.4, -0.2) is 13.4 Å². The summed E-state index contributed by atoms with van der Waals surface area (Å²) in [7, 11) is 0.437. The normalized spacial score (nSPS) is 12.9. The first-order valence-electron chi connectivity index (χ1n) is 3.30. The van der Waals surface area contributed by atoms with Gasteiger partial charge in [-0.25, -0.2) is 8.42 Å². The molecule has 0 fully saturated rings. The van der Waals surface area contributed by atoms with Crippen molar-refractivity contribution in [3.63, 3.8) is 0 Å². The van der Waals surface area contributed by atoms with E-state index in [2.05, 4.69) is 4.98 Å². The molecule has 0 aliphatic carbocycles. The average molecular weight is 372 g/mol. The highest BCUT2D eigenvalue weighted by Gasteiger charge is 2.39. The highest BCUT2D eigenvalue weighted by molar-refractivity contribution is 14.1. The lowest BCUT2D eigenvalue weighted by atomic mass is 10.3. The number of nitrogens with zero attached hydrogens (tertiary/aromatic N) is 1. The first-order chi connectivity index (χ1) is 6.64. The van der Waals surface area contributed by atoms with Crippen LogP contribution >= 0.6 is 33.3 Å². The van der Waals surface area contributed by atoms with Gasteiger partial charge in [0.2, 0.25) is 0 Å². The molecule has 0 amide bonds. The van der Waals surface area contributed by atoms with Crippen LogP contribution in [0.3, 0.4) is 0 Å². The van der Waals surface area contributed by atoms with Crippen molar-refractivity contribution < 1.29 is 21.6 Å². The Balaban J connectivity index is 3.63. The molecule has 1 rings (SSSR count). The zero-order chi connectivity index (χ0) is 11.9. The SMILES string of the molecule is O=S(=O)(Cl)c1c(I)ccnc1C(F)(F)F. The van der Waals surface area contributed by atoms with E-state index in [1.54, 1.807) is 0 Å². The second kappa shape index (κ2) is 4.06. The molecule has 1 aromatic rings. The molecule has 15 heavy (non-hydrogen) atoms. The lowest BCUT2D eigenvalue weighted by Gasteiger charge is -2.10. The molecular weight excluding hydrogens is 369 g/mol. The standard InChI is InChI=1S/C6H2ClF3INO2S/c7-15(13,14)4-3(11)1-2-12-5(4)6(8,9)10/h1-2H. The van der Waals surface area contributed by atoms with Gasteiger partial charge in [-0.3, -0.25) is 4.98 Å². The minimum absolute atomic E-state index is 0.120. The summed E-state index contributed by atoms with van der Waals surface area (Å²) in [4.78, 5) is 1.98. The van der Waals surface area contributed by atoms with Crippen LogP contribution in [-0.2, 0) is 15.2 Å². The molecule has 0 spiro atoms. The predicted molar refractivity (Wildman–Crippen MR) is 55.0 cm³/mol. The van der Waals surface area contributed by atoms with E-state index in [-0.39, 0.29) is 3.57 Å². The molecule has 0 bridgehead atoms. The van der Waals surface area contributed by atoms with E-state index < -0.39 is 25.8 Å². The highest BCUT2D eigenvalue weighted by Crippen LogP contribution is 2.35. The molecule has 9 heteroatoms. The van der Waals surface area contributed by atoms with E-state index in [9.17, 15) is 21.6 Å². The topological polar surface area (TPSA) is 47.0 Å². The van der Waals surface area contributed by atoms with Crippen LogP contribution in [0.2, 0.25) is 0 Å². The van der Waals surface area contributed by atoms with Gasteiger partial charge in [0, 0.05) is 20.4 Å². The first-order valence-corrected chi connectivity index (χ1v) is 6.69. The quantitative estimate of drug-likeness (QED) is 0.563. The Morgan fingerprint density at radius 3 is 2.27 bits per heavy atom. The Morgan fingerprint density at radius 1 is 1.40 bits per heavy atom. The smallest absolute Gasteiger partial charge is 0.250 e. The molecule has 0 unspecified atom stereocenters. The van der Waals surface area contributed by atoms with Gasteiger partial charge in [0.15, 0.2) is 5.69 Å². The second-order valence-corrected chi connectivity index (χ2v) is 6.07. The molecule has 0 radical (unpaired) electrons. The predicted octanol–water partition coefficient (Wildman–Crippen LogP) is 2.63. The monoisotopic (exact) mass is 371 g/mol. The Kier molecular flexibility index (Phi) is 3.51. The van der Waals surface area contributed by atoms with Crippen molar-refractivity contribution in [3.8, 4) is 0 Å². The third kappa shape index (κ3) is 2.94. The van der Waals surface area contributed by atoms with E-state index in [0.717, 1.165) is 12.3 Å². The van der Waals surface area contributed by atoms with Gasteiger partial charge >= 0.3 is 6.18 Å². The maximum Gasteiger partial charge on any atom is 0.434 e. The molecule has 0 saturated carbocycles. The average Bonchev–Trinajstić information content (AvgIpc) is 1.99. The number of halogens is 5. The van der Waals surface area contributed by atoms with Gasteiger partial charge in [-0.2, -0.15) is 13.2 Å². The van der Waals surface area contributed by atoms with E-state index in [0.29, 0.717) is 0 Å². The number of pyridine rings is 1. The lowest BCUT2D eigenvalue weighted by molar-refractivity contribution is -0.143. The van der Waals surface area contributed by atoms with Gasteiger partial charge in [-0.1, -0.05) is 0 Å². The number of aromatic nitrogens is 1. The summed E-state index contributed by atoms with van der Waals surface area (Å²) >= 11 is 1.45. The fourth-order valence-corrected chi connectivity index (χ4v) is 3.70. The van der Waals surface area contributed by atoms with Crippen molar-refractivity contribution in [1.29, 1.82) is 0 Å². The first kappa shape index (κ1) is 13.0. The summed E-state index contributed by atoms with van der Waals surface area (Å²) in [5.74, 6) is 0. The molecule has 0 N–H and O–H groups in total. The van der Waals surface area contributed by atoms with Crippen molar-refractivity contribution in [2.45, 2.75) is 11.1 Å². The molecule has 1 aromatic heterocycles. The molecule has 0 atom stereocenters. The number of hydrogen-bond acceptors (Lipinski definition) is 3. The molecule has 3 nitrogen and oxygen atoms in total. The van der Waals surface area contributed by atoms with E-state index in [4.69, 9.17) is 10.7 Å². The van der Waals surface area contributed by atoms with Gasteiger partial charge in [-0.05, 0) is 28.7 Å². The van der Waals surface area contributed by atoms with Gasteiger partial charge in [0.05, 0.1) is 0 Å². The zero-order valence-corrected chi connectivity index (χ0v) is 10.4. The van der Waals surface area contributed by atoms with Gasteiger partial charge < -0.3 is 0 Å². The molecule has 1 heterocycles. The minimum Gasteiger partial charge on any atom is -0.250 e. The van der Waals surface area contributed by atoms with Crippen LogP contribution in [0.1, 0.15) is 5.69 Å². The molecule has 0 saturated heterocycles. The minimum atomic E-state index is -4.85. The summed E-state index contributed by atoms with van der Waals surface area (Å²) in [5, 5.41) is 0. The summed E-state index contributed by atoms with van der Waals surface area (Å²) in [6, 6.07) is 1.13. The van der Waals surface area contributed by atoms with Crippen LogP contribution in [0.25, 0.3) is 0 Å². The van der Waals surface area contributed by atoms with Crippen molar-refractivity contribution in [1.82, 2.24) is 4.98 Å². The molecule has 0 aliphatic rings. The summed E-state index contributed by atoms with van der Waals surface area (Å²) in [6.45, 7) is 0. The second-order valence-electron chi connectivity index (χ2n) is 2.41. The maximum absolute atomic E-state index is 12.4.